The van der Waals surface area contributed by atoms with Crippen LogP contribution in [-0.4, -0.2) is 25.2 Å². The number of carbonyl (C=O) groups is 1. The van der Waals surface area contributed by atoms with Crippen molar-refractivity contribution >= 4 is 11.7 Å². The van der Waals surface area contributed by atoms with Gasteiger partial charge in [-0.3, -0.25) is 4.79 Å². The van der Waals surface area contributed by atoms with E-state index in [1.807, 2.05) is 24.3 Å². The molecule has 0 aromatic heterocycles. The molecule has 4 nitrogen and oxygen atoms in total. The number of rotatable bonds is 4. The summed E-state index contributed by atoms with van der Waals surface area (Å²) < 4.78 is 10.4. The van der Waals surface area contributed by atoms with Crippen LogP contribution in [-0.2, 0) is 9.53 Å². The molecule has 0 aliphatic heterocycles. The van der Waals surface area contributed by atoms with Crippen molar-refractivity contribution < 1.29 is 14.3 Å². The van der Waals surface area contributed by atoms with Gasteiger partial charge in [0.1, 0.15) is 11.9 Å². The predicted octanol–water partition coefficient (Wildman–Crippen LogP) is 2.59. The third kappa shape index (κ3) is 3.15. The number of methoxy groups -OCH3 is 1. The third-order valence-electron chi connectivity index (χ3n) is 3.21. The smallest absolute Gasteiger partial charge is 0.302 e. The van der Waals surface area contributed by atoms with Crippen LogP contribution >= 0.6 is 0 Å². The average molecular weight is 249 g/mol. The van der Waals surface area contributed by atoms with Crippen molar-refractivity contribution in [1.29, 1.82) is 0 Å². The van der Waals surface area contributed by atoms with E-state index >= 15 is 0 Å². The largest absolute Gasteiger partial charge is 0.497 e. The van der Waals surface area contributed by atoms with Crippen molar-refractivity contribution in [3.63, 3.8) is 0 Å². The third-order valence-corrected chi connectivity index (χ3v) is 3.21. The lowest BCUT2D eigenvalue weighted by atomic mass is 10.2. The van der Waals surface area contributed by atoms with Crippen molar-refractivity contribution in [2.75, 3.05) is 12.4 Å². The van der Waals surface area contributed by atoms with Gasteiger partial charge in [0, 0.05) is 12.6 Å². The van der Waals surface area contributed by atoms with E-state index in [2.05, 4.69) is 5.32 Å². The predicted molar refractivity (Wildman–Crippen MR) is 69.8 cm³/mol. The normalized spacial score (nSPS) is 22.6. The number of esters is 1. The quantitative estimate of drug-likeness (QED) is 0.833. The first-order valence-corrected chi connectivity index (χ1v) is 6.27. The minimum absolute atomic E-state index is 0.00963. The zero-order valence-corrected chi connectivity index (χ0v) is 10.8. The first-order chi connectivity index (χ1) is 8.69. The molecule has 1 aliphatic carbocycles. The molecule has 1 aromatic rings. The minimum Gasteiger partial charge on any atom is -0.497 e. The van der Waals surface area contributed by atoms with E-state index in [0.717, 1.165) is 30.7 Å². The summed E-state index contributed by atoms with van der Waals surface area (Å²) >= 11 is 0. The van der Waals surface area contributed by atoms with Gasteiger partial charge in [0.2, 0.25) is 0 Å². The highest BCUT2D eigenvalue weighted by Gasteiger charge is 2.29. The van der Waals surface area contributed by atoms with Gasteiger partial charge in [-0.2, -0.15) is 0 Å². The minimum atomic E-state index is -0.205. The molecule has 18 heavy (non-hydrogen) atoms. The molecule has 0 bridgehead atoms. The molecular weight excluding hydrogens is 230 g/mol. The highest BCUT2D eigenvalue weighted by molar-refractivity contribution is 5.66. The molecule has 1 saturated carbocycles. The van der Waals surface area contributed by atoms with E-state index in [0.29, 0.717) is 0 Å². The van der Waals surface area contributed by atoms with Crippen LogP contribution in [0.15, 0.2) is 24.3 Å². The van der Waals surface area contributed by atoms with Crippen molar-refractivity contribution in [2.24, 2.45) is 0 Å². The molecule has 0 radical (unpaired) electrons. The van der Waals surface area contributed by atoms with Crippen LogP contribution in [0.2, 0.25) is 0 Å². The first-order valence-electron chi connectivity index (χ1n) is 6.27. The molecule has 4 heteroatoms. The van der Waals surface area contributed by atoms with E-state index in [1.165, 1.54) is 6.92 Å². The fourth-order valence-corrected chi connectivity index (χ4v) is 2.35. The summed E-state index contributed by atoms with van der Waals surface area (Å²) in [6.07, 6.45) is 3.05. The first kappa shape index (κ1) is 12.7. The van der Waals surface area contributed by atoms with Crippen molar-refractivity contribution in [3.05, 3.63) is 24.3 Å². The molecular formula is C14H19NO3. The van der Waals surface area contributed by atoms with Crippen molar-refractivity contribution in [2.45, 2.75) is 38.3 Å². The molecule has 0 saturated heterocycles. The van der Waals surface area contributed by atoms with Gasteiger partial charge in [0.25, 0.3) is 0 Å². The monoisotopic (exact) mass is 249 g/mol. The Bertz CT molecular complexity index is 402. The lowest BCUT2D eigenvalue weighted by molar-refractivity contribution is -0.146. The number of hydrogen-bond acceptors (Lipinski definition) is 4. The highest BCUT2D eigenvalue weighted by atomic mass is 16.5. The number of benzene rings is 1. The Morgan fingerprint density at radius 2 is 2.00 bits per heavy atom. The second-order valence-electron chi connectivity index (χ2n) is 4.56. The number of anilines is 1. The molecule has 2 rings (SSSR count). The Kier molecular flexibility index (Phi) is 4.07. The van der Waals surface area contributed by atoms with Crippen LogP contribution in [0.25, 0.3) is 0 Å². The van der Waals surface area contributed by atoms with E-state index in [-0.39, 0.29) is 18.1 Å². The van der Waals surface area contributed by atoms with Gasteiger partial charge in [0.05, 0.1) is 13.2 Å². The maximum absolute atomic E-state index is 11.0. The van der Waals surface area contributed by atoms with E-state index < -0.39 is 0 Å². The zero-order chi connectivity index (χ0) is 13.0. The molecule has 0 spiro atoms. The maximum atomic E-state index is 11.0. The highest BCUT2D eigenvalue weighted by Crippen LogP contribution is 2.26. The molecule has 1 aliphatic rings. The van der Waals surface area contributed by atoms with Crippen LogP contribution in [0.4, 0.5) is 5.69 Å². The second-order valence-corrected chi connectivity index (χ2v) is 4.56. The standard InChI is InChI=1S/C14H19NO3/c1-10(16)18-14-5-3-4-13(14)15-11-6-8-12(17-2)9-7-11/h6-9,13-15H,3-5H2,1-2H3/t13-,14-/m0/s1. The zero-order valence-electron chi connectivity index (χ0n) is 10.8. The SMILES string of the molecule is COc1ccc(N[C@H]2CCC[C@@H]2OC(C)=O)cc1. The summed E-state index contributed by atoms with van der Waals surface area (Å²) in [6, 6.07) is 7.99. The van der Waals surface area contributed by atoms with Gasteiger partial charge in [-0.15, -0.1) is 0 Å². The van der Waals surface area contributed by atoms with Crippen molar-refractivity contribution in [3.8, 4) is 5.75 Å². The molecule has 1 aromatic carbocycles. The maximum Gasteiger partial charge on any atom is 0.302 e. The van der Waals surface area contributed by atoms with Crippen LogP contribution < -0.4 is 10.1 Å². The average Bonchev–Trinajstić information content (AvgIpc) is 2.77. The molecule has 0 heterocycles. The summed E-state index contributed by atoms with van der Waals surface area (Å²) in [4.78, 5) is 11.0. The Hall–Kier alpha value is -1.71. The van der Waals surface area contributed by atoms with Crippen LogP contribution in [0.1, 0.15) is 26.2 Å². The van der Waals surface area contributed by atoms with E-state index in [4.69, 9.17) is 9.47 Å². The van der Waals surface area contributed by atoms with Gasteiger partial charge >= 0.3 is 5.97 Å². The molecule has 1 N–H and O–H groups in total. The number of carbonyl (C=O) groups excluding carboxylic acids is 1. The summed E-state index contributed by atoms with van der Waals surface area (Å²) in [5, 5.41) is 3.41. The molecule has 2 atom stereocenters. The number of ether oxygens (including phenoxy) is 2. The molecule has 0 unspecified atom stereocenters. The van der Waals surface area contributed by atoms with E-state index in [9.17, 15) is 4.79 Å². The fraction of sp³-hybridized carbons (Fsp3) is 0.500. The summed E-state index contributed by atoms with van der Waals surface area (Å²) in [6.45, 7) is 1.46. The van der Waals surface area contributed by atoms with Crippen LogP contribution in [0.3, 0.4) is 0 Å². The second kappa shape index (κ2) is 5.76. The number of hydrogen-bond donors (Lipinski definition) is 1. The molecule has 0 amide bonds. The van der Waals surface area contributed by atoms with Crippen LogP contribution in [0, 0.1) is 0 Å². The Labute approximate surface area is 107 Å². The Balaban J connectivity index is 1.96. The van der Waals surface area contributed by atoms with Gasteiger partial charge in [0.15, 0.2) is 0 Å². The lowest BCUT2D eigenvalue weighted by Gasteiger charge is -2.21. The van der Waals surface area contributed by atoms with Gasteiger partial charge < -0.3 is 14.8 Å². The van der Waals surface area contributed by atoms with Crippen LogP contribution in [0.5, 0.6) is 5.75 Å². The Morgan fingerprint density at radius 3 is 2.61 bits per heavy atom. The topological polar surface area (TPSA) is 47.6 Å². The Morgan fingerprint density at radius 1 is 1.28 bits per heavy atom. The number of nitrogens with one attached hydrogen (secondary N) is 1. The molecule has 98 valence electrons. The summed E-state index contributed by atoms with van der Waals surface area (Å²) in [5.41, 5.74) is 1.03. The lowest BCUT2D eigenvalue weighted by Crippen LogP contribution is -2.31. The summed E-state index contributed by atoms with van der Waals surface area (Å²) in [5.74, 6) is 0.631. The van der Waals surface area contributed by atoms with Gasteiger partial charge in [-0.1, -0.05) is 0 Å². The van der Waals surface area contributed by atoms with Crippen molar-refractivity contribution in [1.82, 2.24) is 0 Å². The van der Waals surface area contributed by atoms with Gasteiger partial charge in [-0.05, 0) is 43.5 Å². The van der Waals surface area contributed by atoms with Gasteiger partial charge in [-0.25, -0.2) is 0 Å². The van der Waals surface area contributed by atoms with E-state index in [1.54, 1.807) is 7.11 Å². The summed E-state index contributed by atoms with van der Waals surface area (Å²) in [7, 11) is 1.65. The molecule has 1 fully saturated rings. The fourth-order valence-electron chi connectivity index (χ4n) is 2.35.